The summed E-state index contributed by atoms with van der Waals surface area (Å²) in [5, 5.41) is 8.93. The number of nitriles is 1. The van der Waals surface area contributed by atoms with E-state index in [0.717, 1.165) is 72.7 Å². The van der Waals surface area contributed by atoms with Gasteiger partial charge < -0.3 is 23.5 Å². The highest BCUT2D eigenvalue weighted by atomic mass is 19.1. The van der Waals surface area contributed by atoms with E-state index in [1.807, 2.05) is 49.4 Å². The molecule has 2 aliphatic rings. The zero-order chi connectivity index (χ0) is 30.6. The molecule has 2 aliphatic heterocycles. The van der Waals surface area contributed by atoms with E-state index >= 15 is 0 Å². The Labute approximate surface area is 255 Å². The molecule has 1 unspecified atom stereocenters. The van der Waals surface area contributed by atoms with Crippen LogP contribution in [-0.2, 0) is 29.2 Å². The van der Waals surface area contributed by atoms with Gasteiger partial charge in [-0.1, -0.05) is 12.1 Å². The van der Waals surface area contributed by atoms with Crippen LogP contribution in [0.5, 0.6) is 11.5 Å². The molecular weight excluding hydrogens is 563 g/mol. The highest BCUT2D eigenvalue weighted by molar-refractivity contribution is 5.95. The van der Waals surface area contributed by atoms with E-state index in [-0.39, 0.29) is 36.1 Å². The lowest BCUT2D eigenvalue weighted by Crippen LogP contribution is -2.39. The molecule has 3 aromatic carbocycles. The molecule has 0 aliphatic carbocycles. The molecule has 10 heteroatoms. The third-order valence-electron chi connectivity index (χ3n) is 8.28. The van der Waals surface area contributed by atoms with Crippen molar-refractivity contribution in [3.63, 3.8) is 0 Å². The normalized spacial score (nSPS) is 17.2. The average Bonchev–Trinajstić information content (AvgIpc) is 3.36. The molecule has 0 saturated carbocycles. The van der Waals surface area contributed by atoms with Gasteiger partial charge in [0.05, 0.1) is 54.5 Å². The maximum atomic E-state index is 14.2. The van der Waals surface area contributed by atoms with Crippen LogP contribution in [0.15, 0.2) is 54.6 Å². The Kier molecular flexibility index (Phi) is 8.77. The molecule has 2 saturated heterocycles. The number of halogens is 1. The smallest absolute Gasteiger partial charge is 0.337 e. The van der Waals surface area contributed by atoms with E-state index in [9.17, 15) is 9.18 Å². The minimum atomic E-state index is -0.559. The molecule has 0 N–H and O–H groups in total. The zero-order valence-electron chi connectivity index (χ0n) is 24.9. The van der Waals surface area contributed by atoms with Gasteiger partial charge in [-0.3, -0.25) is 4.90 Å². The molecule has 44 heavy (non-hydrogen) atoms. The monoisotopic (exact) mass is 598 g/mol. The van der Waals surface area contributed by atoms with E-state index < -0.39 is 5.82 Å². The number of esters is 1. The number of ether oxygens (including phenoxy) is 4. The van der Waals surface area contributed by atoms with Gasteiger partial charge in [0.25, 0.3) is 0 Å². The number of imidazole rings is 1. The Hall–Kier alpha value is -4.46. The summed E-state index contributed by atoms with van der Waals surface area (Å²) in [5.41, 5.74) is 4.41. The first-order chi connectivity index (χ1) is 21.4. The fourth-order valence-electron chi connectivity index (χ4n) is 5.77. The summed E-state index contributed by atoms with van der Waals surface area (Å²) >= 11 is 0. The highest BCUT2D eigenvalue weighted by Gasteiger charge is 2.26. The molecule has 6 rings (SSSR count). The number of hydrogen-bond acceptors (Lipinski definition) is 8. The van der Waals surface area contributed by atoms with Crippen molar-refractivity contribution in [2.75, 3.05) is 26.8 Å². The number of benzene rings is 3. The summed E-state index contributed by atoms with van der Waals surface area (Å²) in [7, 11) is 1.40. The number of rotatable bonds is 10. The third kappa shape index (κ3) is 6.54. The highest BCUT2D eigenvalue weighted by Crippen LogP contribution is 2.28. The van der Waals surface area contributed by atoms with Crippen molar-refractivity contribution in [1.29, 1.82) is 5.26 Å². The number of methoxy groups -OCH3 is 1. The first kappa shape index (κ1) is 29.6. The Bertz CT molecular complexity index is 1700. The number of carbonyl (C=O) groups excluding carboxylic acids is 1. The lowest BCUT2D eigenvalue weighted by molar-refractivity contribution is -0.0592. The molecule has 1 aromatic heterocycles. The van der Waals surface area contributed by atoms with Gasteiger partial charge in [-0.25, -0.2) is 14.2 Å². The molecular formula is C34H35FN4O5. The van der Waals surface area contributed by atoms with Crippen LogP contribution in [0.25, 0.3) is 11.0 Å². The summed E-state index contributed by atoms with van der Waals surface area (Å²) in [6.07, 6.45) is 2.97. The van der Waals surface area contributed by atoms with Gasteiger partial charge in [-0.05, 0) is 79.8 Å². The summed E-state index contributed by atoms with van der Waals surface area (Å²) < 4.78 is 39.1. The van der Waals surface area contributed by atoms with Crippen molar-refractivity contribution in [3.05, 3.63) is 88.5 Å². The fourth-order valence-corrected chi connectivity index (χ4v) is 5.77. The fraction of sp³-hybridized carbons (Fsp3) is 0.382. The Morgan fingerprint density at radius 3 is 2.66 bits per heavy atom. The van der Waals surface area contributed by atoms with Gasteiger partial charge in [0.15, 0.2) is 11.6 Å². The molecule has 0 radical (unpaired) electrons. The van der Waals surface area contributed by atoms with Crippen molar-refractivity contribution in [1.82, 2.24) is 14.5 Å². The maximum absolute atomic E-state index is 14.2. The first-order valence-corrected chi connectivity index (χ1v) is 14.9. The third-order valence-corrected chi connectivity index (χ3v) is 8.28. The molecule has 2 fully saturated rings. The van der Waals surface area contributed by atoms with Crippen molar-refractivity contribution in [2.45, 2.75) is 58.1 Å². The molecule has 228 valence electrons. The Balaban J connectivity index is 1.08. The zero-order valence-corrected chi connectivity index (χ0v) is 24.9. The van der Waals surface area contributed by atoms with E-state index in [0.29, 0.717) is 18.7 Å². The lowest BCUT2D eigenvalue weighted by atomic mass is 10.1. The number of aryl methyl sites for hydroxylation is 1. The number of carbonyl (C=O) groups is 1. The predicted octanol–water partition coefficient (Wildman–Crippen LogP) is 5.55. The van der Waals surface area contributed by atoms with Crippen LogP contribution < -0.4 is 9.47 Å². The standard InChI is InChI=1S/C34H35FN4O5/c1-22-14-25(34(40)41-2)17-30-33(22)37-32(39(30)19-28-10-13-42-28)20-38-11-8-26(9-12-38)44-27-5-3-4-24(15-27)21-43-31-7-6-23(18-36)16-29(31)35/h3-7,14-17,26,28H,8-13,19-21H2,1-2H3. The van der Waals surface area contributed by atoms with E-state index in [1.54, 1.807) is 0 Å². The second kappa shape index (κ2) is 13.0. The molecule has 3 heterocycles. The summed E-state index contributed by atoms with van der Waals surface area (Å²) in [6.45, 7) is 6.06. The van der Waals surface area contributed by atoms with Crippen LogP contribution in [-0.4, -0.2) is 59.4 Å². The molecule has 4 aromatic rings. The lowest BCUT2D eigenvalue weighted by Gasteiger charge is -2.32. The van der Waals surface area contributed by atoms with Crippen LogP contribution in [0.2, 0.25) is 0 Å². The summed E-state index contributed by atoms with van der Waals surface area (Å²) in [4.78, 5) is 19.7. The predicted molar refractivity (Wildman–Crippen MR) is 161 cm³/mol. The topological polar surface area (TPSA) is 98.8 Å². The van der Waals surface area contributed by atoms with Crippen molar-refractivity contribution < 1.29 is 28.1 Å². The van der Waals surface area contributed by atoms with Gasteiger partial charge in [-0.2, -0.15) is 5.26 Å². The van der Waals surface area contributed by atoms with Gasteiger partial charge in [0.1, 0.15) is 24.3 Å². The van der Waals surface area contributed by atoms with E-state index in [4.69, 9.17) is 29.2 Å². The molecule has 1 atom stereocenters. The second-order valence-electron chi connectivity index (χ2n) is 11.4. The number of aromatic nitrogens is 2. The number of likely N-dealkylation sites (tertiary alicyclic amines) is 1. The van der Waals surface area contributed by atoms with Crippen molar-refractivity contribution in [3.8, 4) is 17.6 Å². The van der Waals surface area contributed by atoms with Crippen molar-refractivity contribution in [2.24, 2.45) is 0 Å². The van der Waals surface area contributed by atoms with Gasteiger partial charge >= 0.3 is 5.97 Å². The van der Waals surface area contributed by atoms with Crippen LogP contribution >= 0.6 is 0 Å². The Morgan fingerprint density at radius 2 is 1.95 bits per heavy atom. The van der Waals surface area contributed by atoms with Gasteiger partial charge in [0.2, 0.25) is 0 Å². The molecule has 0 amide bonds. The largest absolute Gasteiger partial charge is 0.490 e. The molecule has 0 bridgehead atoms. The minimum absolute atomic E-state index is 0.0745. The van der Waals surface area contributed by atoms with Crippen molar-refractivity contribution >= 4 is 17.0 Å². The van der Waals surface area contributed by atoms with E-state index in [2.05, 4.69) is 9.47 Å². The number of fused-ring (bicyclic) bond motifs is 1. The molecule has 0 spiro atoms. The second-order valence-corrected chi connectivity index (χ2v) is 11.4. The number of piperidine rings is 1. The average molecular weight is 599 g/mol. The van der Waals surface area contributed by atoms with E-state index in [1.165, 1.54) is 25.3 Å². The number of nitrogens with zero attached hydrogens (tertiary/aromatic N) is 4. The summed E-state index contributed by atoms with van der Waals surface area (Å²) in [6, 6.07) is 17.5. The van der Waals surface area contributed by atoms with Crippen LogP contribution in [0, 0.1) is 24.1 Å². The quantitative estimate of drug-likeness (QED) is 0.219. The van der Waals surface area contributed by atoms with Gasteiger partial charge in [-0.15, -0.1) is 0 Å². The first-order valence-electron chi connectivity index (χ1n) is 14.9. The minimum Gasteiger partial charge on any atom is -0.490 e. The van der Waals surface area contributed by atoms with Gasteiger partial charge in [0, 0.05) is 19.7 Å². The number of hydrogen-bond donors (Lipinski definition) is 0. The van der Waals surface area contributed by atoms with Crippen LogP contribution in [0.3, 0.4) is 0 Å². The molecule has 9 nitrogen and oxygen atoms in total. The van der Waals surface area contributed by atoms with Crippen LogP contribution in [0.1, 0.15) is 52.1 Å². The van der Waals surface area contributed by atoms with Crippen LogP contribution in [0.4, 0.5) is 4.39 Å². The SMILES string of the molecule is COC(=O)c1cc(C)c2nc(CN3CCC(Oc4cccc(COc5ccc(C#N)cc5F)c4)CC3)n(CC3CCO3)c2c1. The maximum Gasteiger partial charge on any atom is 0.337 e. The Morgan fingerprint density at radius 1 is 1.14 bits per heavy atom. The summed E-state index contributed by atoms with van der Waals surface area (Å²) in [5.74, 6) is 0.909.